The van der Waals surface area contributed by atoms with E-state index in [1.807, 2.05) is 0 Å². The van der Waals surface area contributed by atoms with E-state index in [1.165, 1.54) is 19.2 Å². The van der Waals surface area contributed by atoms with Gasteiger partial charge >= 0.3 is 5.97 Å². The van der Waals surface area contributed by atoms with Gasteiger partial charge in [-0.05, 0) is 54.8 Å². The molecular weight excluding hydrogens is 337 g/mol. The number of nitrogens with zero attached hydrogens (tertiary/aromatic N) is 2. The molecule has 7 heteroatoms. The van der Waals surface area contributed by atoms with Crippen molar-refractivity contribution in [1.82, 2.24) is 9.97 Å². The molecule has 0 radical (unpaired) electrons. The van der Waals surface area contributed by atoms with Gasteiger partial charge in [0.15, 0.2) is 5.82 Å². The molecule has 1 aliphatic rings. The van der Waals surface area contributed by atoms with E-state index in [-0.39, 0.29) is 17.2 Å². The highest BCUT2D eigenvalue weighted by Crippen LogP contribution is 2.32. The van der Waals surface area contributed by atoms with Crippen LogP contribution in [-0.4, -0.2) is 29.6 Å². The van der Waals surface area contributed by atoms with Crippen LogP contribution in [0.5, 0.6) is 0 Å². The van der Waals surface area contributed by atoms with Crippen LogP contribution in [-0.2, 0) is 11.2 Å². The Morgan fingerprint density at radius 3 is 2.92 bits per heavy atom. The molecular formula is C19H16FN3O3. The predicted molar refractivity (Wildman–Crippen MR) is 95.4 cm³/mol. The van der Waals surface area contributed by atoms with Crippen molar-refractivity contribution in [3.05, 3.63) is 63.7 Å². The second-order valence-corrected chi connectivity index (χ2v) is 6.14. The molecule has 4 rings (SSSR count). The van der Waals surface area contributed by atoms with Gasteiger partial charge in [0.2, 0.25) is 0 Å². The SMILES string of the molecule is COC(=O)c1ccc2[nH]c(=O)c(N3CCCc4cc(F)ccc43)nc2c1. The average molecular weight is 353 g/mol. The molecule has 0 fully saturated rings. The molecule has 1 N–H and O–H groups in total. The van der Waals surface area contributed by atoms with Gasteiger partial charge < -0.3 is 14.6 Å². The van der Waals surface area contributed by atoms with Crippen molar-refractivity contribution in [2.75, 3.05) is 18.6 Å². The van der Waals surface area contributed by atoms with Crippen LogP contribution in [0, 0.1) is 5.82 Å². The van der Waals surface area contributed by atoms with E-state index in [2.05, 4.69) is 9.97 Å². The number of halogens is 1. The minimum atomic E-state index is -0.472. The standard InChI is InChI=1S/C19H16FN3O3/c1-26-19(25)12-4-6-14-15(10-12)21-17(18(24)22-14)23-8-2-3-11-9-13(20)5-7-16(11)23/h4-7,9-10H,2-3,8H2,1H3,(H,22,24). The maximum absolute atomic E-state index is 13.5. The number of benzene rings is 2. The van der Waals surface area contributed by atoms with Gasteiger partial charge in [-0.1, -0.05) is 0 Å². The molecule has 1 aliphatic heterocycles. The molecule has 2 heterocycles. The lowest BCUT2D eigenvalue weighted by Crippen LogP contribution is -2.30. The number of hydrogen-bond donors (Lipinski definition) is 1. The maximum Gasteiger partial charge on any atom is 0.337 e. The number of aromatic nitrogens is 2. The fourth-order valence-electron chi connectivity index (χ4n) is 3.29. The molecule has 0 atom stereocenters. The van der Waals surface area contributed by atoms with Crippen molar-refractivity contribution in [3.63, 3.8) is 0 Å². The summed E-state index contributed by atoms with van der Waals surface area (Å²) in [5.41, 5.74) is 2.66. The Balaban J connectivity index is 1.86. The summed E-state index contributed by atoms with van der Waals surface area (Å²) < 4.78 is 18.2. The minimum absolute atomic E-state index is 0.229. The highest BCUT2D eigenvalue weighted by atomic mass is 19.1. The number of carbonyl (C=O) groups excluding carboxylic acids is 1. The van der Waals surface area contributed by atoms with Crippen LogP contribution in [0.2, 0.25) is 0 Å². The molecule has 0 saturated heterocycles. The van der Waals surface area contributed by atoms with E-state index in [9.17, 15) is 14.0 Å². The number of aryl methyl sites for hydroxylation is 1. The van der Waals surface area contributed by atoms with Gasteiger partial charge in [0.1, 0.15) is 5.82 Å². The number of hydrogen-bond acceptors (Lipinski definition) is 5. The average Bonchev–Trinajstić information content (AvgIpc) is 2.65. The fraction of sp³-hybridized carbons (Fsp3) is 0.211. The number of H-pyrrole nitrogens is 1. The van der Waals surface area contributed by atoms with E-state index < -0.39 is 5.97 Å². The van der Waals surface area contributed by atoms with Crippen molar-refractivity contribution < 1.29 is 13.9 Å². The topological polar surface area (TPSA) is 75.3 Å². The summed E-state index contributed by atoms with van der Waals surface area (Å²) in [6, 6.07) is 9.31. The van der Waals surface area contributed by atoms with Crippen LogP contribution in [0.25, 0.3) is 11.0 Å². The lowest BCUT2D eigenvalue weighted by atomic mass is 10.0. The summed E-state index contributed by atoms with van der Waals surface area (Å²) in [6.07, 6.45) is 1.54. The van der Waals surface area contributed by atoms with Crippen LogP contribution in [0.15, 0.2) is 41.2 Å². The summed E-state index contributed by atoms with van der Waals surface area (Å²) in [5.74, 6) is -0.541. The number of carbonyl (C=O) groups is 1. The molecule has 1 aromatic heterocycles. The van der Waals surface area contributed by atoms with Crippen molar-refractivity contribution in [1.29, 1.82) is 0 Å². The van der Waals surface area contributed by atoms with E-state index >= 15 is 0 Å². The largest absolute Gasteiger partial charge is 0.465 e. The van der Waals surface area contributed by atoms with Gasteiger partial charge in [-0.25, -0.2) is 14.2 Å². The molecule has 0 amide bonds. The number of nitrogens with one attached hydrogen (secondary N) is 1. The Labute approximate surface area is 148 Å². The number of rotatable bonds is 2. The van der Waals surface area contributed by atoms with E-state index in [0.717, 1.165) is 24.1 Å². The smallest absolute Gasteiger partial charge is 0.337 e. The van der Waals surface area contributed by atoms with Crippen molar-refractivity contribution in [3.8, 4) is 0 Å². The number of fused-ring (bicyclic) bond motifs is 2. The molecule has 0 aliphatic carbocycles. The number of anilines is 2. The Morgan fingerprint density at radius 1 is 1.27 bits per heavy atom. The van der Waals surface area contributed by atoms with Crippen LogP contribution in [0.4, 0.5) is 15.9 Å². The zero-order chi connectivity index (χ0) is 18.3. The zero-order valence-corrected chi connectivity index (χ0v) is 14.1. The van der Waals surface area contributed by atoms with Gasteiger partial charge in [-0.15, -0.1) is 0 Å². The Morgan fingerprint density at radius 2 is 2.12 bits per heavy atom. The summed E-state index contributed by atoms with van der Waals surface area (Å²) in [6.45, 7) is 0.608. The number of ether oxygens (including phenoxy) is 1. The van der Waals surface area contributed by atoms with Crippen LogP contribution < -0.4 is 10.5 Å². The second kappa shape index (κ2) is 6.25. The highest BCUT2D eigenvalue weighted by Gasteiger charge is 2.22. The molecule has 0 bridgehead atoms. The molecule has 0 saturated carbocycles. The van der Waals surface area contributed by atoms with Gasteiger partial charge in [0, 0.05) is 12.2 Å². The van der Waals surface area contributed by atoms with E-state index in [4.69, 9.17) is 4.74 Å². The quantitative estimate of drug-likeness (QED) is 0.717. The molecule has 132 valence electrons. The van der Waals surface area contributed by atoms with Crippen molar-refractivity contribution in [2.24, 2.45) is 0 Å². The molecule has 0 unspecified atom stereocenters. The third-order valence-corrected chi connectivity index (χ3v) is 4.51. The molecule has 3 aromatic rings. The lowest BCUT2D eigenvalue weighted by Gasteiger charge is -2.29. The van der Waals surface area contributed by atoms with Crippen LogP contribution in [0.3, 0.4) is 0 Å². The predicted octanol–water partition coefficient (Wildman–Crippen LogP) is 2.93. The zero-order valence-electron chi connectivity index (χ0n) is 14.1. The summed E-state index contributed by atoms with van der Waals surface area (Å²) in [4.78, 5) is 33.4. The van der Waals surface area contributed by atoms with Crippen LogP contribution >= 0.6 is 0 Å². The molecule has 26 heavy (non-hydrogen) atoms. The van der Waals surface area contributed by atoms with Gasteiger partial charge in [-0.2, -0.15) is 0 Å². The first kappa shape index (κ1) is 16.3. The van der Waals surface area contributed by atoms with Gasteiger partial charge in [0.05, 0.1) is 23.7 Å². The van der Waals surface area contributed by atoms with Crippen molar-refractivity contribution >= 4 is 28.5 Å². The van der Waals surface area contributed by atoms with Crippen molar-refractivity contribution in [2.45, 2.75) is 12.8 Å². The molecule has 6 nitrogen and oxygen atoms in total. The van der Waals surface area contributed by atoms with Gasteiger partial charge in [-0.3, -0.25) is 4.79 Å². The summed E-state index contributed by atoms with van der Waals surface area (Å²) in [7, 11) is 1.31. The second-order valence-electron chi connectivity index (χ2n) is 6.14. The Hall–Kier alpha value is -3.22. The first-order valence-corrected chi connectivity index (χ1v) is 8.25. The highest BCUT2D eigenvalue weighted by molar-refractivity contribution is 5.93. The Kier molecular flexibility index (Phi) is 3.91. The summed E-state index contributed by atoms with van der Waals surface area (Å²) >= 11 is 0. The first-order valence-electron chi connectivity index (χ1n) is 8.25. The minimum Gasteiger partial charge on any atom is -0.465 e. The first-order chi connectivity index (χ1) is 12.6. The third-order valence-electron chi connectivity index (χ3n) is 4.51. The number of esters is 1. The van der Waals surface area contributed by atoms with Gasteiger partial charge in [0.25, 0.3) is 5.56 Å². The third kappa shape index (κ3) is 2.71. The number of aromatic amines is 1. The number of methoxy groups -OCH3 is 1. The molecule has 0 spiro atoms. The normalized spacial score (nSPS) is 13.5. The lowest BCUT2D eigenvalue weighted by molar-refractivity contribution is 0.0601. The maximum atomic E-state index is 13.5. The fourth-order valence-corrected chi connectivity index (χ4v) is 3.29. The monoisotopic (exact) mass is 353 g/mol. The molecule has 2 aromatic carbocycles. The van der Waals surface area contributed by atoms with Crippen LogP contribution in [0.1, 0.15) is 22.3 Å². The van der Waals surface area contributed by atoms with E-state index in [1.54, 1.807) is 29.2 Å². The Bertz CT molecular complexity index is 1080. The summed E-state index contributed by atoms with van der Waals surface area (Å²) in [5, 5.41) is 0. The van der Waals surface area contributed by atoms with E-state index in [0.29, 0.717) is 23.1 Å².